The monoisotopic (exact) mass is 398 g/mol. The number of aryl methyl sites for hydroxylation is 1. The van der Waals surface area contributed by atoms with Gasteiger partial charge < -0.3 is 10.0 Å². The Labute approximate surface area is 169 Å². The summed E-state index contributed by atoms with van der Waals surface area (Å²) in [6.45, 7) is 4.45. The molecule has 0 atom stereocenters. The fourth-order valence-electron chi connectivity index (χ4n) is 3.37. The second-order valence-electron chi connectivity index (χ2n) is 6.90. The Balaban J connectivity index is 1.69. The molecule has 146 valence electrons. The number of aliphatic hydroxyl groups is 1. The first-order valence-corrected chi connectivity index (χ1v) is 9.72. The summed E-state index contributed by atoms with van der Waals surface area (Å²) < 4.78 is 1.75. The number of aromatic nitrogens is 4. The number of benzene rings is 1. The van der Waals surface area contributed by atoms with Gasteiger partial charge in [0.05, 0.1) is 24.1 Å². The van der Waals surface area contributed by atoms with Gasteiger partial charge in [0.2, 0.25) is 0 Å². The van der Waals surface area contributed by atoms with Gasteiger partial charge in [-0.1, -0.05) is 23.7 Å². The maximum absolute atomic E-state index is 9.15. The molecule has 7 nitrogen and oxygen atoms in total. The van der Waals surface area contributed by atoms with Gasteiger partial charge in [0.15, 0.2) is 5.82 Å². The molecule has 0 amide bonds. The molecule has 0 spiro atoms. The van der Waals surface area contributed by atoms with Crippen LogP contribution in [0.25, 0.3) is 22.6 Å². The average Bonchev–Trinajstić information content (AvgIpc) is 3.15. The van der Waals surface area contributed by atoms with Crippen LogP contribution < -0.4 is 4.90 Å². The summed E-state index contributed by atoms with van der Waals surface area (Å²) >= 11 is 6.05. The number of aliphatic hydroxyl groups excluding tert-OH is 1. The average molecular weight is 399 g/mol. The number of anilines is 1. The van der Waals surface area contributed by atoms with E-state index in [1.54, 1.807) is 10.9 Å². The summed E-state index contributed by atoms with van der Waals surface area (Å²) in [5, 5.41) is 14.1. The zero-order valence-corrected chi connectivity index (χ0v) is 16.5. The predicted octanol–water partition coefficient (Wildman–Crippen LogP) is 2.31. The molecule has 1 saturated heterocycles. The molecule has 3 aromatic rings. The van der Waals surface area contributed by atoms with Gasteiger partial charge in [0, 0.05) is 62.6 Å². The van der Waals surface area contributed by atoms with Crippen molar-refractivity contribution in [3.05, 3.63) is 47.7 Å². The van der Waals surface area contributed by atoms with Crippen molar-refractivity contribution in [1.82, 2.24) is 24.6 Å². The van der Waals surface area contributed by atoms with E-state index < -0.39 is 0 Å². The maximum atomic E-state index is 9.15. The van der Waals surface area contributed by atoms with Crippen molar-refractivity contribution in [2.45, 2.75) is 0 Å². The minimum Gasteiger partial charge on any atom is -0.395 e. The molecule has 0 saturated carbocycles. The van der Waals surface area contributed by atoms with E-state index in [1.807, 2.05) is 43.6 Å². The van der Waals surface area contributed by atoms with Gasteiger partial charge >= 0.3 is 0 Å². The van der Waals surface area contributed by atoms with Crippen LogP contribution in [0.15, 0.2) is 42.7 Å². The lowest BCUT2D eigenvalue weighted by Crippen LogP contribution is -2.47. The number of β-amino-alcohol motifs (C(OH)–C–C–N with tert-alkyl or cyclic N) is 1. The molecule has 0 unspecified atom stereocenters. The first-order chi connectivity index (χ1) is 13.6. The van der Waals surface area contributed by atoms with Gasteiger partial charge in [0.1, 0.15) is 5.82 Å². The second kappa shape index (κ2) is 8.26. The Morgan fingerprint density at radius 3 is 2.43 bits per heavy atom. The molecular weight excluding hydrogens is 376 g/mol. The van der Waals surface area contributed by atoms with Crippen LogP contribution in [0.4, 0.5) is 5.82 Å². The van der Waals surface area contributed by atoms with Gasteiger partial charge in [-0.2, -0.15) is 5.10 Å². The first-order valence-electron chi connectivity index (χ1n) is 9.34. The Hall–Kier alpha value is -2.48. The molecule has 1 N–H and O–H groups in total. The predicted molar refractivity (Wildman–Crippen MR) is 110 cm³/mol. The lowest BCUT2D eigenvalue weighted by atomic mass is 10.1. The van der Waals surface area contributed by atoms with Crippen molar-refractivity contribution < 1.29 is 5.11 Å². The third-order valence-electron chi connectivity index (χ3n) is 4.93. The van der Waals surface area contributed by atoms with Crippen molar-refractivity contribution in [2.75, 3.05) is 44.2 Å². The molecule has 1 aromatic carbocycles. The highest BCUT2D eigenvalue weighted by Crippen LogP contribution is 2.27. The van der Waals surface area contributed by atoms with Crippen LogP contribution in [0.1, 0.15) is 0 Å². The maximum Gasteiger partial charge on any atom is 0.165 e. The molecule has 0 radical (unpaired) electrons. The summed E-state index contributed by atoms with van der Waals surface area (Å²) in [6, 6.07) is 9.72. The number of nitrogens with zero attached hydrogens (tertiary/aromatic N) is 6. The summed E-state index contributed by atoms with van der Waals surface area (Å²) in [4.78, 5) is 14.1. The fraction of sp³-hybridized carbons (Fsp3) is 0.350. The van der Waals surface area contributed by atoms with E-state index in [9.17, 15) is 0 Å². The normalized spacial score (nSPS) is 15.2. The van der Waals surface area contributed by atoms with Gasteiger partial charge in [-0.05, 0) is 12.1 Å². The van der Waals surface area contributed by atoms with E-state index in [2.05, 4.69) is 14.9 Å². The Morgan fingerprint density at radius 2 is 1.79 bits per heavy atom. The molecular formula is C20H23ClN6O. The van der Waals surface area contributed by atoms with Crippen molar-refractivity contribution >= 4 is 17.4 Å². The SMILES string of the molecule is Cn1cc(-c2nc(-c3ccc(Cl)cc3)cc(N3CCN(CCO)CC3)n2)cn1. The van der Waals surface area contributed by atoms with Crippen LogP contribution in [0.3, 0.4) is 0 Å². The van der Waals surface area contributed by atoms with Crippen LogP contribution in [-0.2, 0) is 7.05 Å². The molecule has 1 aliphatic heterocycles. The number of rotatable bonds is 5. The van der Waals surface area contributed by atoms with Gasteiger partial charge in [0.25, 0.3) is 0 Å². The third-order valence-corrected chi connectivity index (χ3v) is 5.18. The van der Waals surface area contributed by atoms with E-state index in [4.69, 9.17) is 26.7 Å². The summed E-state index contributed by atoms with van der Waals surface area (Å²) in [6.07, 6.45) is 3.70. The van der Waals surface area contributed by atoms with Crippen molar-refractivity contribution in [2.24, 2.45) is 7.05 Å². The Morgan fingerprint density at radius 1 is 1.04 bits per heavy atom. The lowest BCUT2D eigenvalue weighted by Gasteiger charge is -2.35. The standard InChI is InChI=1S/C20H23ClN6O/c1-25-14-16(13-22-25)20-23-18(15-2-4-17(21)5-3-15)12-19(24-20)27-8-6-26(7-9-27)10-11-28/h2-5,12-14,28H,6-11H2,1H3. The topological polar surface area (TPSA) is 70.3 Å². The van der Waals surface area contributed by atoms with Gasteiger partial charge in [-0.25, -0.2) is 9.97 Å². The van der Waals surface area contributed by atoms with Crippen LogP contribution in [0.5, 0.6) is 0 Å². The highest BCUT2D eigenvalue weighted by molar-refractivity contribution is 6.30. The molecule has 2 aromatic heterocycles. The quantitative estimate of drug-likeness (QED) is 0.711. The van der Waals surface area contributed by atoms with Crippen LogP contribution in [0.2, 0.25) is 5.02 Å². The van der Waals surface area contributed by atoms with Crippen LogP contribution in [-0.4, -0.2) is 69.1 Å². The summed E-state index contributed by atoms with van der Waals surface area (Å²) in [5.41, 5.74) is 2.74. The minimum atomic E-state index is 0.194. The number of piperazine rings is 1. The van der Waals surface area contributed by atoms with E-state index in [1.165, 1.54) is 0 Å². The van der Waals surface area contributed by atoms with Crippen molar-refractivity contribution in [3.8, 4) is 22.6 Å². The number of hydrogen-bond acceptors (Lipinski definition) is 6. The summed E-state index contributed by atoms with van der Waals surface area (Å²) in [5.74, 6) is 1.57. The number of halogens is 1. The van der Waals surface area contributed by atoms with Crippen molar-refractivity contribution in [1.29, 1.82) is 0 Å². The van der Waals surface area contributed by atoms with Crippen LogP contribution in [0, 0.1) is 0 Å². The van der Waals surface area contributed by atoms with Gasteiger partial charge in [-0.15, -0.1) is 0 Å². The van der Waals surface area contributed by atoms with Crippen molar-refractivity contribution in [3.63, 3.8) is 0 Å². The Kier molecular flexibility index (Phi) is 5.57. The first kappa shape index (κ1) is 18.9. The highest BCUT2D eigenvalue weighted by atomic mass is 35.5. The molecule has 28 heavy (non-hydrogen) atoms. The third kappa shape index (κ3) is 4.16. The van der Waals surface area contributed by atoms with E-state index >= 15 is 0 Å². The molecule has 4 rings (SSSR count). The molecule has 3 heterocycles. The largest absolute Gasteiger partial charge is 0.395 e. The highest BCUT2D eigenvalue weighted by Gasteiger charge is 2.20. The second-order valence-corrected chi connectivity index (χ2v) is 7.33. The fourth-order valence-corrected chi connectivity index (χ4v) is 3.50. The van der Waals surface area contributed by atoms with Gasteiger partial charge in [-0.3, -0.25) is 9.58 Å². The lowest BCUT2D eigenvalue weighted by molar-refractivity contribution is 0.188. The Bertz CT molecular complexity index is 934. The minimum absolute atomic E-state index is 0.194. The molecule has 1 fully saturated rings. The zero-order valence-electron chi connectivity index (χ0n) is 15.8. The summed E-state index contributed by atoms with van der Waals surface area (Å²) in [7, 11) is 1.88. The molecule has 0 bridgehead atoms. The molecule has 1 aliphatic rings. The molecule has 8 heteroatoms. The zero-order chi connectivity index (χ0) is 19.5. The smallest absolute Gasteiger partial charge is 0.165 e. The van der Waals surface area contributed by atoms with Crippen LogP contribution >= 0.6 is 11.6 Å². The van der Waals surface area contributed by atoms with E-state index in [0.717, 1.165) is 48.8 Å². The molecule has 0 aliphatic carbocycles. The van der Waals surface area contributed by atoms with E-state index in [-0.39, 0.29) is 6.61 Å². The number of hydrogen-bond donors (Lipinski definition) is 1. The van der Waals surface area contributed by atoms with E-state index in [0.29, 0.717) is 17.4 Å².